The van der Waals surface area contributed by atoms with Crippen LogP contribution in [0.5, 0.6) is 0 Å². The second-order valence-corrected chi connectivity index (χ2v) is 6.55. The predicted octanol–water partition coefficient (Wildman–Crippen LogP) is 1.98. The molecule has 2 heterocycles. The maximum absolute atomic E-state index is 5.26. The summed E-state index contributed by atoms with van der Waals surface area (Å²) in [5, 5.41) is 7.55. The van der Waals surface area contributed by atoms with Gasteiger partial charge in [-0.15, -0.1) is 0 Å². The molecule has 0 bridgehead atoms. The Bertz CT molecular complexity index is 410. The molecule has 108 valence electrons. The number of aryl methyl sites for hydroxylation is 1. The van der Waals surface area contributed by atoms with Crippen molar-refractivity contribution in [2.45, 2.75) is 59.7 Å². The molecular weight excluding hydrogens is 240 g/mol. The van der Waals surface area contributed by atoms with Crippen molar-refractivity contribution in [3.63, 3.8) is 0 Å². The van der Waals surface area contributed by atoms with Crippen LogP contribution in [0.3, 0.4) is 0 Å². The number of hydrogen-bond acceptors (Lipinski definition) is 5. The Kier molecular flexibility index (Phi) is 4.26. The normalized spacial score (nSPS) is 25.7. The quantitative estimate of drug-likeness (QED) is 0.906. The van der Waals surface area contributed by atoms with E-state index in [1.165, 1.54) is 0 Å². The molecule has 19 heavy (non-hydrogen) atoms. The summed E-state index contributed by atoms with van der Waals surface area (Å²) in [6.07, 6.45) is 1.14. The van der Waals surface area contributed by atoms with Gasteiger partial charge in [0.25, 0.3) is 0 Å². The first-order valence-electron chi connectivity index (χ1n) is 7.16. The lowest BCUT2D eigenvalue weighted by Crippen LogP contribution is -2.59. The van der Waals surface area contributed by atoms with Crippen LogP contribution in [-0.2, 0) is 6.54 Å². The molecule has 5 nitrogen and oxygen atoms in total. The molecule has 1 aromatic heterocycles. The minimum atomic E-state index is 0.266. The van der Waals surface area contributed by atoms with E-state index in [0.29, 0.717) is 17.9 Å². The largest absolute Gasteiger partial charge is 0.338 e. The lowest BCUT2D eigenvalue weighted by molar-refractivity contribution is 0.0687. The van der Waals surface area contributed by atoms with Gasteiger partial charge in [0.15, 0.2) is 5.82 Å². The highest BCUT2D eigenvalue weighted by molar-refractivity contribution is 4.93. The summed E-state index contributed by atoms with van der Waals surface area (Å²) in [7, 11) is 0. The van der Waals surface area contributed by atoms with E-state index in [-0.39, 0.29) is 5.41 Å². The first-order valence-corrected chi connectivity index (χ1v) is 7.16. The summed E-state index contributed by atoms with van der Waals surface area (Å²) >= 11 is 0. The summed E-state index contributed by atoms with van der Waals surface area (Å²) in [5.74, 6) is 1.44. The average Bonchev–Trinajstić information content (AvgIpc) is 2.73. The highest BCUT2D eigenvalue weighted by Gasteiger charge is 2.33. The van der Waals surface area contributed by atoms with Gasteiger partial charge >= 0.3 is 0 Å². The topological polar surface area (TPSA) is 54.2 Å². The third kappa shape index (κ3) is 3.54. The first-order chi connectivity index (χ1) is 8.90. The molecule has 1 aliphatic rings. The van der Waals surface area contributed by atoms with E-state index >= 15 is 0 Å². The molecule has 1 aromatic rings. The molecule has 1 aliphatic heterocycles. The molecule has 2 rings (SSSR count). The number of piperazine rings is 1. The summed E-state index contributed by atoms with van der Waals surface area (Å²) in [6, 6.07) is 1.05. The van der Waals surface area contributed by atoms with Gasteiger partial charge in [0, 0.05) is 25.2 Å². The number of hydrogen-bond donors (Lipinski definition) is 1. The van der Waals surface area contributed by atoms with Gasteiger partial charge in [-0.1, -0.05) is 32.9 Å². The maximum atomic E-state index is 5.26. The van der Waals surface area contributed by atoms with Crippen LogP contribution in [0.1, 0.15) is 45.8 Å². The molecule has 2 atom stereocenters. The zero-order valence-corrected chi connectivity index (χ0v) is 12.7. The lowest BCUT2D eigenvalue weighted by Gasteiger charge is -2.44. The third-order valence-electron chi connectivity index (χ3n) is 3.96. The number of aromatic nitrogens is 2. The van der Waals surface area contributed by atoms with Crippen molar-refractivity contribution in [3.8, 4) is 0 Å². The fraction of sp³-hybridized carbons (Fsp3) is 0.857. The van der Waals surface area contributed by atoms with Crippen LogP contribution in [0.4, 0.5) is 0 Å². The van der Waals surface area contributed by atoms with Crippen molar-refractivity contribution in [1.82, 2.24) is 20.4 Å². The zero-order chi connectivity index (χ0) is 14.0. The van der Waals surface area contributed by atoms with E-state index < -0.39 is 0 Å². The molecule has 2 unspecified atom stereocenters. The molecule has 0 saturated carbocycles. The Morgan fingerprint density at radius 3 is 2.68 bits per heavy atom. The molecule has 0 spiro atoms. The summed E-state index contributed by atoms with van der Waals surface area (Å²) < 4.78 is 5.26. The van der Waals surface area contributed by atoms with Crippen LogP contribution in [0.25, 0.3) is 0 Å². The number of nitrogens with one attached hydrogen (secondary N) is 1. The van der Waals surface area contributed by atoms with Crippen molar-refractivity contribution in [2.24, 2.45) is 5.41 Å². The molecule has 0 aromatic carbocycles. The molecule has 1 fully saturated rings. The second-order valence-electron chi connectivity index (χ2n) is 6.55. The number of rotatable bonds is 3. The molecule has 5 heteroatoms. The summed E-state index contributed by atoms with van der Waals surface area (Å²) in [6.45, 7) is 13.8. The van der Waals surface area contributed by atoms with Crippen molar-refractivity contribution in [3.05, 3.63) is 11.7 Å². The van der Waals surface area contributed by atoms with Gasteiger partial charge in [-0.25, -0.2) is 0 Å². The molecular formula is C14H26N4O. The highest BCUT2D eigenvalue weighted by Crippen LogP contribution is 2.25. The van der Waals surface area contributed by atoms with E-state index in [2.05, 4.69) is 48.1 Å². The Balaban J connectivity index is 2.05. The second kappa shape index (κ2) is 5.59. The molecule has 0 amide bonds. The standard InChI is InChI=1S/C14H26N4O/c1-6-11-7-15-12(14(3,4)5)8-18(11)9-13-16-10(2)17-19-13/h11-12,15H,6-9H2,1-5H3. The summed E-state index contributed by atoms with van der Waals surface area (Å²) in [4.78, 5) is 6.79. The minimum Gasteiger partial charge on any atom is -0.338 e. The zero-order valence-electron chi connectivity index (χ0n) is 12.7. The van der Waals surface area contributed by atoms with Crippen molar-refractivity contribution in [1.29, 1.82) is 0 Å². The summed E-state index contributed by atoms with van der Waals surface area (Å²) in [5.41, 5.74) is 0.266. The SMILES string of the molecule is CCC1CNC(C(C)(C)C)CN1Cc1nc(C)no1. The van der Waals surface area contributed by atoms with Crippen molar-refractivity contribution in [2.75, 3.05) is 13.1 Å². The predicted molar refractivity (Wildman–Crippen MR) is 74.8 cm³/mol. The monoisotopic (exact) mass is 266 g/mol. The number of nitrogens with zero attached hydrogens (tertiary/aromatic N) is 3. The van der Waals surface area contributed by atoms with Gasteiger partial charge in [-0.05, 0) is 18.8 Å². The minimum absolute atomic E-state index is 0.266. The van der Waals surface area contributed by atoms with Gasteiger partial charge in [0.2, 0.25) is 5.89 Å². The highest BCUT2D eigenvalue weighted by atomic mass is 16.5. The van der Waals surface area contributed by atoms with Crippen molar-refractivity contribution >= 4 is 0 Å². The van der Waals surface area contributed by atoms with Crippen molar-refractivity contribution < 1.29 is 4.52 Å². The maximum Gasteiger partial charge on any atom is 0.240 e. The van der Waals surface area contributed by atoms with Crippen LogP contribution in [0, 0.1) is 12.3 Å². The fourth-order valence-electron chi connectivity index (χ4n) is 2.61. The van der Waals surface area contributed by atoms with E-state index in [1.54, 1.807) is 0 Å². The van der Waals surface area contributed by atoms with Gasteiger partial charge in [0.05, 0.1) is 6.54 Å². The van der Waals surface area contributed by atoms with E-state index in [1.807, 2.05) is 6.92 Å². The Morgan fingerprint density at radius 1 is 1.42 bits per heavy atom. The third-order valence-corrected chi connectivity index (χ3v) is 3.96. The fourth-order valence-corrected chi connectivity index (χ4v) is 2.61. The van der Waals surface area contributed by atoms with E-state index in [9.17, 15) is 0 Å². The lowest BCUT2D eigenvalue weighted by atomic mass is 9.84. The van der Waals surface area contributed by atoms with Gasteiger partial charge in [-0.3, -0.25) is 4.90 Å². The van der Waals surface area contributed by atoms with E-state index in [0.717, 1.165) is 31.9 Å². The average molecular weight is 266 g/mol. The van der Waals surface area contributed by atoms with Gasteiger partial charge in [0.1, 0.15) is 0 Å². The van der Waals surface area contributed by atoms with Gasteiger partial charge in [-0.2, -0.15) is 4.98 Å². The molecule has 0 radical (unpaired) electrons. The Hall–Kier alpha value is -0.940. The van der Waals surface area contributed by atoms with Crippen LogP contribution < -0.4 is 5.32 Å². The molecule has 1 N–H and O–H groups in total. The van der Waals surface area contributed by atoms with Crippen LogP contribution >= 0.6 is 0 Å². The van der Waals surface area contributed by atoms with Crippen LogP contribution in [-0.4, -0.2) is 40.2 Å². The smallest absolute Gasteiger partial charge is 0.240 e. The molecule has 0 aliphatic carbocycles. The van der Waals surface area contributed by atoms with Gasteiger partial charge < -0.3 is 9.84 Å². The Labute approximate surface area is 115 Å². The van der Waals surface area contributed by atoms with E-state index in [4.69, 9.17) is 4.52 Å². The molecule has 1 saturated heterocycles. The van der Waals surface area contributed by atoms with Crippen LogP contribution in [0.15, 0.2) is 4.52 Å². The van der Waals surface area contributed by atoms with Crippen LogP contribution in [0.2, 0.25) is 0 Å². The first kappa shape index (κ1) is 14.5. The Morgan fingerprint density at radius 2 is 2.16 bits per heavy atom.